The van der Waals surface area contributed by atoms with Gasteiger partial charge in [0.1, 0.15) is 4.90 Å². The van der Waals surface area contributed by atoms with E-state index in [0.717, 1.165) is 10.5 Å². The van der Waals surface area contributed by atoms with Crippen molar-refractivity contribution in [1.82, 2.24) is 14.8 Å². The maximum atomic E-state index is 13.5. The smallest absolute Gasteiger partial charge is 0.333 e. The van der Waals surface area contributed by atoms with E-state index in [0.29, 0.717) is 22.5 Å². The molecule has 2 aromatic heterocycles. The number of alkyl halides is 2. The standard InChI is InChI=1S/C21H29F2N5O4S/c1-12(21(3,4)5)19(30)25-15-7-17-16(24-8-15)6-14(11-29)9-28(17)33(31,32)18-10-27(20(22)23)26-13(18)2/h7-8,10,12,14,20,29H,6,9,11H2,1-5H3,(H,25,30)/t12-,14+/m1/s1. The van der Waals surface area contributed by atoms with E-state index >= 15 is 0 Å². The molecule has 3 rings (SSSR count). The summed E-state index contributed by atoms with van der Waals surface area (Å²) in [7, 11) is -4.29. The van der Waals surface area contributed by atoms with Crippen molar-refractivity contribution in [3.8, 4) is 0 Å². The molecule has 0 spiro atoms. The van der Waals surface area contributed by atoms with Crippen LogP contribution in [-0.2, 0) is 21.2 Å². The first kappa shape index (κ1) is 25.0. The number of pyridine rings is 1. The maximum absolute atomic E-state index is 13.5. The minimum Gasteiger partial charge on any atom is -0.396 e. The topological polar surface area (TPSA) is 117 Å². The number of aromatic nitrogens is 3. The largest absolute Gasteiger partial charge is 0.396 e. The fraction of sp³-hybridized carbons (Fsp3) is 0.571. The summed E-state index contributed by atoms with van der Waals surface area (Å²) in [5, 5.41) is 16.1. The van der Waals surface area contributed by atoms with Gasteiger partial charge < -0.3 is 10.4 Å². The number of halogens is 2. The van der Waals surface area contributed by atoms with Crippen LogP contribution in [0.2, 0.25) is 0 Å². The van der Waals surface area contributed by atoms with Gasteiger partial charge in [-0.3, -0.25) is 14.1 Å². The number of nitrogens with one attached hydrogen (secondary N) is 1. The predicted molar refractivity (Wildman–Crippen MR) is 119 cm³/mol. The fourth-order valence-electron chi connectivity index (χ4n) is 3.52. The first-order valence-corrected chi connectivity index (χ1v) is 12.0. The zero-order valence-corrected chi connectivity index (χ0v) is 20.0. The highest BCUT2D eigenvalue weighted by Crippen LogP contribution is 2.36. The molecule has 0 unspecified atom stereocenters. The van der Waals surface area contributed by atoms with Crippen molar-refractivity contribution >= 4 is 27.3 Å². The van der Waals surface area contributed by atoms with Crippen LogP contribution in [0.25, 0.3) is 0 Å². The summed E-state index contributed by atoms with van der Waals surface area (Å²) in [4.78, 5) is 16.6. The van der Waals surface area contributed by atoms with Gasteiger partial charge in [-0.2, -0.15) is 13.9 Å². The number of aliphatic hydroxyl groups excluding tert-OH is 1. The highest BCUT2D eigenvalue weighted by molar-refractivity contribution is 7.92. The van der Waals surface area contributed by atoms with Crippen LogP contribution in [-0.4, -0.2) is 47.3 Å². The number of nitrogens with zero attached hydrogens (tertiary/aromatic N) is 4. The lowest BCUT2D eigenvalue weighted by molar-refractivity contribution is -0.122. The highest BCUT2D eigenvalue weighted by Gasteiger charge is 2.36. The Morgan fingerprint density at radius 3 is 2.58 bits per heavy atom. The van der Waals surface area contributed by atoms with Gasteiger partial charge in [0.15, 0.2) is 0 Å². The number of amides is 1. The van der Waals surface area contributed by atoms with Gasteiger partial charge in [0.05, 0.1) is 35.2 Å². The number of hydrogen-bond donors (Lipinski definition) is 2. The molecule has 0 saturated heterocycles. The number of carbonyl (C=O) groups excluding carboxylic acids is 1. The van der Waals surface area contributed by atoms with Crippen molar-refractivity contribution in [3.05, 3.63) is 29.8 Å². The number of carbonyl (C=O) groups is 1. The zero-order chi connectivity index (χ0) is 24.7. The minimum atomic E-state index is -4.29. The second kappa shape index (κ2) is 8.98. The molecular weight excluding hydrogens is 456 g/mol. The van der Waals surface area contributed by atoms with Crippen LogP contribution in [0.15, 0.2) is 23.4 Å². The van der Waals surface area contributed by atoms with Crippen LogP contribution < -0.4 is 9.62 Å². The number of rotatable bonds is 6. The Labute approximate surface area is 191 Å². The van der Waals surface area contributed by atoms with Gasteiger partial charge in [0.2, 0.25) is 5.91 Å². The molecule has 9 nitrogen and oxygen atoms in total. The molecule has 2 N–H and O–H groups in total. The van der Waals surface area contributed by atoms with E-state index in [9.17, 15) is 27.1 Å². The third-order valence-electron chi connectivity index (χ3n) is 5.98. The van der Waals surface area contributed by atoms with Gasteiger partial charge in [-0.15, -0.1) is 0 Å². The Morgan fingerprint density at radius 2 is 2.03 bits per heavy atom. The number of sulfonamides is 1. The Balaban J connectivity index is 2.03. The van der Waals surface area contributed by atoms with Gasteiger partial charge in [-0.05, 0) is 24.8 Å². The van der Waals surface area contributed by atoms with Crippen molar-refractivity contribution < 1.29 is 27.1 Å². The Kier molecular flexibility index (Phi) is 6.81. The molecule has 1 amide bonds. The van der Waals surface area contributed by atoms with E-state index in [1.807, 2.05) is 20.8 Å². The van der Waals surface area contributed by atoms with Crippen molar-refractivity contribution in [3.63, 3.8) is 0 Å². The van der Waals surface area contributed by atoms with E-state index in [1.54, 1.807) is 6.92 Å². The SMILES string of the molecule is Cc1nn(C(F)F)cc1S(=O)(=O)N1C[C@@H](CO)Cc2ncc(NC(=O)[C@@H](C)C(C)(C)C)cc21. The third-order valence-corrected chi connectivity index (χ3v) is 7.86. The molecule has 1 aliphatic heterocycles. The molecule has 33 heavy (non-hydrogen) atoms. The van der Waals surface area contributed by atoms with Crippen LogP contribution >= 0.6 is 0 Å². The number of aliphatic hydroxyl groups is 1. The summed E-state index contributed by atoms with van der Waals surface area (Å²) in [6.07, 6.45) is 2.57. The molecule has 0 saturated carbocycles. The second-order valence-corrected chi connectivity index (χ2v) is 11.2. The summed E-state index contributed by atoms with van der Waals surface area (Å²) in [5.74, 6) is -0.988. The molecular formula is C21H29F2N5O4S. The lowest BCUT2D eigenvalue weighted by atomic mass is 9.81. The van der Waals surface area contributed by atoms with Crippen LogP contribution in [0, 0.1) is 24.2 Å². The van der Waals surface area contributed by atoms with E-state index in [2.05, 4.69) is 15.4 Å². The summed E-state index contributed by atoms with van der Waals surface area (Å²) in [6, 6.07) is 1.51. The van der Waals surface area contributed by atoms with Crippen molar-refractivity contribution in [2.24, 2.45) is 17.3 Å². The molecule has 0 bridgehead atoms. The van der Waals surface area contributed by atoms with Gasteiger partial charge in [0.25, 0.3) is 10.0 Å². The molecule has 3 heterocycles. The van der Waals surface area contributed by atoms with Crippen LogP contribution in [0.1, 0.15) is 45.6 Å². The second-order valence-electron chi connectivity index (χ2n) is 9.39. The number of hydrogen-bond acceptors (Lipinski definition) is 6. The quantitative estimate of drug-likeness (QED) is 0.650. The summed E-state index contributed by atoms with van der Waals surface area (Å²) >= 11 is 0. The number of aryl methyl sites for hydroxylation is 1. The average Bonchev–Trinajstić information content (AvgIpc) is 3.14. The Morgan fingerprint density at radius 1 is 1.36 bits per heavy atom. The number of fused-ring (bicyclic) bond motifs is 1. The number of anilines is 2. The lowest BCUT2D eigenvalue weighted by Gasteiger charge is -2.34. The van der Waals surface area contributed by atoms with E-state index < -0.39 is 22.5 Å². The molecule has 182 valence electrons. The van der Waals surface area contributed by atoms with Crippen LogP contribution in [0.5, 0.6) is 0 Å². The van der Waals surface area contributed by atoms with Gasteiger partial charge in [0, 0.05) is 25.0 Å². The van der Waals surface area contributed by atoms with Crippen molar-refractivity contribution in [1.29, 1.82) is 0 Å². The molecule has 2 aromatic rings. The molecule has 0 radical (unpaired) electrons. The molecule has 0 aliphatic carbocycles. The van der Waals surface area contributed by atoms with Crippen molar-refractivity contribution in [2.75, 3.05) is 22.8 Å². The van der Waals surface area contributed by atoms with Gasteiger partial charge in [-0.1, -0.05) is 27.7 Å². The molecule has 2 atom stereocenters. The van der Waals surface area contributed by atoms with Crippen LogP contribution in [0.3, 0.4) is 0 Å². The van der Waals surface area contributed by atoms with E-state index in [-0.39, 0.29) is 46.7 Å². The lowest BCUT2D eigenvalue weighted by Crippen LogP contribution is -2.41. The summed E-state index contributed by atoms with van der Waals surface area (Å²) in [5.41, 5.74) is 0.615. The normalized spacial score (nSPS) is 17.7. The maximum Gasteiger partial charge on any atom is 0.333 e. The first-order chi connectivity index (χ1) is 15.3. The summed E-state index contributed by atoms with van der Waals surface area (Å²) in [6.45, 7) is 5.62. The Bertz CT molecular complexity index is 1140. The summed E-state index contributed by atoms with van der Waals surface area (Å²) < 4.78 is 54.4. The average molecular weight is 486 g/mol. The van der Waals surface area contributed by atoms with Gasteiger partial charge >= 0.3 is 6.55 Å². The molecule has 12 heteroatoms. The predicted octanol–water partition coefficient (Wildman–Crippen LogP) is 2.96. The zero-order valence-electron chi connectivity index (χ0n) is 19.2. The van der Waals surface area contributed by atoms with E-state index in [1.165, 1.54) is 19.2 Å². The third kappa shape index (κ3) is 5.01. The first-order valence-electron chi connectivity index (χ1n) is 10.5. The van der Waals surface area contributed by atoms with Gasteiger partial charge in [-0.25, -0.2) is 13.1 Å². The highest BCUT2D eigenvalue weighted by atomic mass is 32.2. The minimum absolute atomic E-state index is 0.0669. The fourth-order valence-corrected chi connectivity index (χ4v) is 5.24. The molecule has 0 aromatic carbocycles. The van der Waals surface area contributed by atoms with Crippen LogP contribution in [0.4, 0.5) is 20.2 Å². The van der Waals surface area contributed by atoms with E-state index in [4.69, 9.17) is 0 Å². The molecule has 0 fully saturated rings. The molecule has 1 aliphatic rings. The monoisotopic (exact) mass is 485 g/mol. The van der Waals surface area contributed by atoms with Crippen molar-refractivity contribution in [2.45, 2.75) is 52.5 Å². The Hall–Kier alpha value is -2.60.